The molecule has 2 heterocycles. The number of benzene rings is 1. The summed E-state index contributed by atoms with van der Waals surface area (Å²) in [6.07, 6.45) is 0. The molecule has 1 aromatic carbocycles. The van der Waals surface area contributed by atoms with Gasteiger partial charge in [0.15, 0.2) is 3.95 Å². The van der Waals surface area contributed by atoms with Gasteiger partial charge in [-0.05, 0) is 44.6 Å². The van der Waals surface area contributed by atoms with E-state index in [1.165, 1.54) is 16.9 Å². The summed E-state index contributed by atoms with van der Waals surface area (Å²) in [6, 6.07) is 10.0. The zero-order valence-electron chi connectivity index (χ0n) is 14.7. The van der Waals surface area contributed by atoms with E-state index in [2.05, 4.69) is 20.8 Å². The first-order valence-electron chi connectivity index (χ1n) is 8.05. The van der Waals surface area contributed by atoms with Crippen molar-refractivity contribution in [1.29, 1.82) is 0 Å². The summed E-state index contributed by atoms with van der Waals surface area (Å²) in [5.41, 5.74) is 10.2. The Morgan fingerprint density at radius 2 is 1.81 bits per heavy atom. The van der Waals surface area contributed by atoms with Gasteiger partial charge in [0.05, 0.1) is 5.69 Å². The highest BCUT2D eigenvalue weighted by molar-refractivity contribution is 7.73. The molecule has 0 aliphatic heterocycles. The largest absolute Gasteiger partial charge is 0.313 e. The van der Waals surface area contributed by atoms with Gasteiger partial charge in [-0.1, -0.05) is 29.8 Å². The molecule has 2 N–H and O–H groups in total. The average Bonchev–Trinajstić information content (AvgIpc) is 2.94. The smallest absolute Gasteiger partial charge is 0.258 e. The lowest BCUT2D eigenvalue weighted by Gasteiger charge is -2.11. The second-order valence-corrected chi connectivity index (χ2v) is 7.49. The summed E-state index contributed by atoms with van der Waals surface area (Å²) in [6.45, 7) is 5.90. The molecule has 26 heavy (non-hydrogen) atoms. The van der Waals surface area contributed by atoms with Gasteiger partial charge < -0.3 is 4.57 Å². The van der Waals surface area contributed by atoms with Crippen molar-refractivity contribution in [3.63, 3.8) is 0 Å². The summed E-state index contributed by atoms with van der Waals surface area (Å²) in [5.74, 6) is 0.138. The molecule has 0 saturated heterocycles. The average molecular weight is 386 g/mol. The maximum atomic E-state index is 12.4. The first-order chi connectivity index (χ1) is 12.4. The van der Waals surface area contributed by atoms with Gasteiger partial charge in [0, 0.05) is 16.8 Å². The van der Waals surface area contributed by atoms with Crippen molar-refractivity contribution in [3.05, 3.63) is 56.6 Å². The van der Waals surface area contributed by atoms with Gasteiger partial charge in [-0.2, -0.15) is 0 Å². The molecule has 8 heteroatoms. The van der Waals surface area contributed by atoms with E-state index < -0.39 is 0 Å². The zero-order chi connectivity index (χ0) is 18.7. The van der Waals surface area contributed by atoms with Crippen LogP contribution in [0.25, 0.3) is 11.3 Å². The van der Waals surface area contributed by atoms with Crippen LogP contribution >= 0.6 is 23.6 Å². The Morgan fingerprint density at radius 3 is 2.46 bits per heavy atom. The molecule has 3 rings (SSSR count). The molecule has 0 aliphatic rings. The van der Waals surface area contributed by atoms with Gasteiger partial charge in [0.25, 0.3) is 5.91 Å². The highest BCUT2D eigenvalue weighted by atomic mass is 32.1. The van der Waals surface area contributed by atoms with Crippen LogP contribution in [0.2, 0.25) is 0 Å². The number of rotatable bonds is 5. The van der Waals surface area contributed by atoms with Gasteiger partial charge in [0.1, 0.15) is 6.54 Å². The molecule has 0 atom stereocenters. The van der Waals surface area contributed by atoms with Gasteiger partial charge in [0.2, 0.25) is 5.95 Å². The Balaban J connectivity index is 1.72. The summed E-state index contributed by atoms with van der Waals surface area (Å²) in [5, 5.41) is 1.97. The molecule has 3 aromatic rings. The predicted octanol–water partition coefficient (Wildman–Crippen LogP) is 3.80. The van der Waals surface area contributed by atoms with Gasteiger partial charge >= 0.3 is 0 Å². The fraction of sp³-hybridized carbons (Fsp3) is 0.222. The van der Waals surface area contributed by atoms with Crippen LogP contribution in [0.1, 0.15) is 17.0 Å². The molecule has 0 radical (unpaired) electrons. The number of hydrazine groups is 1. The fourth-order valence-corrected chi connectivity index (χ4v) is 3.59. The lowest BCUT2D eigenvalue weighted by Crippen LogP contribution is -2.33. The zero-order valence-corrected chi connectivity index (χ0v) is 16.4. The second-order valence-electron chi connectivity index (χ2n) is 5.99. The van der Waals surface area contributed by atoms with E-state index >= 15 is 0 Å². The number of aryl methyl sites for hydroxylation is 3. The molecule has 1 amide bonds. The molecule has 0 bridgehead atoms. The number of carbonyl (C=O) groups is 1. The highest BCUT2D eigenvalue weighted by Gasteiger charge is 2.11. The Labute approximate surface area is 160 Å². The Morgan fingerprint density at radius 1 is 1.15 bits per heavy atom. The molecular formula is C18H19N5OS2. The van der Waals surface area contributed by atoms with E-state index in [-0.39, 0.29) is 12.5 Å². The standard InChI is InChI=1S/C18H19N5OS2/c1-11-4-6-14(7-5-11)15-10-26-18(25)23(15)9-16(24)21-22-17-19-12(2)8-13(3)20-17/h4-8,10H,9H2,1-3H3,(H,21,24)(H,19,20,22). The van der Waals surface area contributed by atoms with E-state index in [0.29, 0.717) is 9.90 Å². The van der Waals surface area contributed by atoms with Crippen molar-refractivity contribution in [1.82, 2.24) is 20.0 Å². The Kier molecular flexibility index (Phi) is 5.43. The van der Waals surface area contributed by atoms with Crippen LogP contribution in [-0.2, 0) is 11.3 Å². The topological polar surface area (TPSA) is 71.8 Å². The van der Waals surface area contributed by atoms with Crippen LogP contribution in [0.4, 0.5) is 5.95 Å². The number of hydrogen-bond donors (Lipinski definition) is 2. The minimum absolute atomic E-state index is 0.114. The third-order valence-corrected chi connectivity index (χ3v) is 5.00. The monoisotopic (exact) mass is 385 g/mol. The molecule has 0 fully saturated rings. The summed E-state index contributed by atoms with van der Waals surface area (Å²) < 4.78 is 2.47. The van der Waals surface area contributed by atoms with Crippen LogP contribution in [0.15, 0.2) is 35.7 Å². The SMILES string of the molecule is Cc1ccc(-c2csc(=S)n2CC(=O)NNc2nc(C)cc(C)n2)cc1. The molecule has 0 aliphatic carbocycles. The second kappa shape index (κ2) is 7.76. The number of aromatic nitrogens is 3. The quantitative estimate of drug-likeness (QED) is 0.516. The number of nitrogens with one attached hydrogen (secondary N) is 2. The highest BCUT2D eigenvalue weighted by Crippen LogP contribution is 2.24. The van der Waals surface area contributed by atoms with Crippen molar-refractivity contribution >= 4 is 35.4 Å². The number of carbonyl (C=O) groups excluding carboxylic acids is 1. The lowest BCUT2D eigenvalue weighted by atomic mass is 10.1. The van der Waals surface area contributed by atoms with E-state index in [1.807, 2.05) is 61.1 Å². The minimum Gasteiger partial charge on any atom is -0.313 e. The van der Waals surface area contributed by atoms with Crippen LogP contribution < -0.4 is 10.9 Å². The minimum atomic E-state index is -0.226. The molecule has 134 valence electrons. The van der Waals surface area contributed by atoms with Crippen LogP contribution in [-0.4, -0.2) is 20.4 Å². The number of thiazole rings is 1. The lowest BCUT2D eigenvalue weighted by molar-refractivity contribution is -0.121. The molecule has 2 aromatic heterocycles. The van der Waals surface area contributed by atoms with Crippen LogP contribution in [0, 0.1) is 24.7 Å². The first-order valence-corrected chi connectivity index (χ1v) is 9.33. The first kappa shape index (κ1) is 18.2. The van der Waals surface area contributed by atoms with Crippen molar-refractivity contribution in [3.8, 4) is 11.3 Å². The van der Waals surface area contributed by atoms with E-state index in [1.54, 1.807) is 0 Å². The third-order valence-electron chi connectivity index (χ3n) is 3.73. The molecule has 0 saturated carbocycles. The van der Waals surface area contributed by atoms with E-state index in [4.69, 9.17) is 12.2 Å². The van der Waals surface area contributed by atoms with Gasteiger partial charge in [-0.25, -0.2) is 9.97 Å². The fourth-order valence-electron chi connectivity index (χ4n) is 2.52. The third kappa shape index (κ3) is 4.33. The predicted molar refractivity (Wildman–Crippen MR) is 107 cm³/mol. The number of nitrogens with zero attached hydrogens (tertiary/aromatic N) is 3. The molecule has 0 spiro atoms. The van der Waals surface area contributed by atoms with E-state index in [0.717, 1.165) is 22.6 Å². The van der Waals surface area contributed by atoms with Gasteiger partial charge in [-0.15, -0.1) is 11.3 Å². The summed E-state index contributed by atoms with van der Waals surface area (Å²) in [4.78, 5) is 20.8. The normalized spacial score (nSPS) is 10.6. The van der Waals surface area contributed by atoms with E-state index in [9.17, 15) is 4.79 Å². The Hall–Kier alpha value is -2.58. The van der Waals surface area contributed by atoms with Gasteiger partial charge in [-0.3, -0.25) is 15.6 Å². The van der Waals surface area contributed by atoms with Crippen LogP contribution in [0.3, 0.4) is 0 Å². The maximum absolute atomic E-state index is 12.4. The Bertz CT molecular complexity index is 971. The van der Waals surface area contributed by atoms with Crippen molar-refractivity contribution in [2.75, 3.05) is 5.43 Å². The number of amides is 1. The van der Waals surface area contributed by atoms with Crippen LogP contribution in [0.5, 0.6) is 0 Å². The molecule has 6 nitrogen and oxygen atoms in total. The maximum Gasteiger partial charge on any atom is 0.258 e. The summed E-state index contributed by atoms with van der Waals surface area (Å²) in [7, 11) is 0. The number of hydrogen-bond acceptors (Lipinski definition) is 6. The molecular weight excluding hydrogens is 366 g/mol. The summed E-state index contributed by atoms with van der Waals surface area (Å²) >= 11 is 6.83. The van der Waals surface area contributed by atoms with Crippen molar-refractivity contribution in [2.45, 2.75) is 27.3 Å². The number of anilines is 1. The van der Waals surface area contributed by atoms with Crippen molar-refractivity contribution in [2.24, 2.45) is 0 Å². The van der Waals surface area contributed by atoms with Crippen molar-refractivity contribution < 1.29 is 4.79 Å². The molecule has 0 unspecified atom stereocenters.